The third-order valence-corrected chi connectivity index (χ3v) is 9.07. The van der Waals surface area contributed by atoms with Crippen molar-refractivity contribution >= 4 is 13.8 Å². The molecule has 51 heavy (non-hydrogen) atoms. The molecule has 0 aliphatic rings. The number of phosphoric acid groups is 1. The van der Waals surface area contributed by atoms with Gasteiger partial charge in [0.25, 0.3) is 0 Å². The maximum atomic E-state index is 12.5. The molecule has 0 aromatic carbocycles. The summed E-state index contributed by atoms with van der Waals surface area (Å²) in [6, 6.07) is 0. The number of ether oxygens (including phenoxy) is 2. The zero-order valence-corrected chi connectivity index (χ0v) is 33.1. The highest BCUT2D eigenvalue weighted by molar-refractivity contribution is 7.47. The van der Waals surface area contributed by atoms with E-state index in [1.807, 2.05) is 42.5 Å². The van der Waals surface area contributed by atoms with Crippen LogP contribution < -0.4 is 5.73 Å². The highest BCUT2D eigenvalue weighted by atomic mass is 31.2. The molecule has 4 N–H and O–H groups in total. The van der Waals surface area contributed by atoms with E-state index in [-0.39, 0.29) is 32.8 Å². The van der Waals surface area contributed by atoms with E-state index in [1.54, 1.807) is 12.3 Å². The molecule has 296 valence electrons. The molecule has 0 radical (unpaired) electrons. The van der Waals surface area contributed by atoms with Crippen molar-refractivity contribution in [3.05, 3.63) is 60.9 Å². The predicted molar refractivity (Wildman–Crippen MR) is 211 cm³/mol. The van der Waals surface area contributed by atoms with Crippen LogP contribution in [0.4, 0.5) is 0 Å². The minimum atomic E-state index is -4.32. The maximum absolute atomic E-state index is 12.5. The Morgan fingerprint density at radius 2 is 1.29 bits per heavy atom. The molecule has 0 bridgehead atoms. The summed E-state index contributed by atoms with van der Waals surface area (Å²) in [5.74, 6) is -0.434. The number of esters is 1. The van der Waals surface area contributed by atoms with Gasteiger partial charge >= 0.3 is 13.8 Å². The molecule has 10 heteroatoms. The first kappa shape index (κ1) is 49.0. The molecule has 0 saturated heterocycles. The van der Waals surface area contributed by atoms with Gasteiger partial charge in [0, 0.05) is 13.0 Å². The normalized spacial score (nSPS) is 14.8. The smallest absolute Gasteiger partial charge is 0.472 e. The van der Waals surface area contributed by atoms with Crippen molar-refractivity contribution in [2.45, 2.75) is 167 Å². The number of hydrogen-bond acceptors (Lipinski definition) is 8. The fourth-order valence-electron chi connectivity index (χ4n) is 5.10. The van der Waals surface area contributed by atoms with Crippen molar-refractivity contribution in [2.75, 3.05) is 26.4 Å². The Labute approximate surface area is 311 Å². The van der Waals surface area contributed by atoms with Gasteiger partial charge in [0.1, 0.15) is 6.61 Å². The third-order valence-electron chi connectivity index (χ3n) is 8.08. The predicted octanol–water partition coefficient (Wildman–Crippen LogP) is 10.7. The molecule has 0 spiro atoms. The summed E-state index contributed by atoms with van der Waals surface area (Å²) < 4.78 is 33.0. The number of nitrogens with two attached hydrogens (primary N) is 1. The van der Waals surface area contributed by atoms with Crippen LogP contribution in [-0.2, 0) is 27.9 Å². The topological polar surface area (TPSA) is 138 Å². The summed E-state index contributed by atoms with van der Waals surface area (Å²) in [6.07, 6.45) is 42.2. The van der Waals surface area contributed by atoms with Crippen molar-refractivity contribution in [1.82, 2.24) is 0 Å². The van der Waals surface area contributed by atoms with Crippen molar-refractivity contribution in [2.24, 2.45) is 5.73 Å². The van der Waals surface area contributed by atoms with Crippen LogP contribution in [0.25, 0.3) is 0 Å². The van der Waals surface area contributed by atoms with E-state index in [9.17, 15) is 19.4 Å². The zero-order chi connectivity index (χ0) is 37.5. The number of allylic oxidation sites excluding steroid dienone is 7. The summed E-state index contributed by atoms with van der Waals surface area (Å²) in [6.45, 7) is 4.04. The fourth-order valence-corrected chi connectivity index (χ4v) is 5.86. The van der Waals surface area contributed by atoms with Crippen LogP contribution in [0.5, 0.6) is 0 Å². The van der Waals surface area contributed by atoms with E-state index in [1.165, 1.54) is 89.9 Å². The zero-order valence-electron chi connectivity index (χ0n) is 32.2. The van der Waals surface area contributed by atoms with Gasteiger partial charge in [-0.1, -0.05) is 146 Å². The fraction of sp³-hybridized carbons (Fsp3) is 0.732. The monoisotopic (exact) mass is 740 g/mol. The molecular weight excluding hydrogens is 665 g/mol. The Morgan fingerprint density at radius 1 is 0.706 bits per heavy atom. The standard InChI is InChI=1S/C41H74NO8P/c1-3-5-7-9-11-12-13-14-15-16-19-22-26-30-35-47-37-40(38-49-51(45,46)48-36-34-42)50-41(44)33-29-25-21-18-17-20-24-28-32-39(43)31-27-23-10-8-6-4-2/h18,20-21,23-24,27-28,30,32,35,39-40,43H,3-17,19,22,25-26,29,31,33-34,36-38,42H2,1-2H3,(H,45,46). The van der Waals surface area contributed by atoms with Crippen LogP contribution in [0, 0.1) is 0 Å². The summed E-state index contributed by atoms with van der Waals surface area (Å²) in [5.41, 5.74) is 5.34. The van der Waals surface area contributed by atoms with Crippen LogP contribution in [0.2, 0.25) is 0 Å². The van der Waals surface area contributed by atoms with Gasteiger partial charge in [-0.3, -0.25) is 13.8 Å². The average Bonchev–Trinajstić information content (AvgIpc) is 3.11. The Balaban J connectivity index is 4.32. The van der Waals surface area contributed by atoms with E-state index in [2.05, 4.69) is 19.9 Å². The first-order chi connectivity index (χ1) is 24.8. The van der Waals surface area contributed by atoms with Gasteiger partial charge < -0.3 is 25.2 Å². The van der Waals surface area contributed by atoms with E-state index >= 15 is 0 Å². The molecular formula is C41H74NO8P. The number of hydrogen-bond donors (Lipinski definition) is 3. The maximum Gasteiger partial charge on any atom is 0.472 e. The minimum absolute atomic E-state index is 0.00890. The van der Waals surface area contributed by atoms with Gasteiger partial charge in [-0.2, -0.15) is 0 Å². The number of rotatable bonds is 37. The Bertz CT molecular complexity index is 981. The molecule has 0 aliphatic carbocycles. The van der Waals surface area contributed by atoms with Crippen molar-refractivity contribution in [1.29, 1.82) is 0 Å². The lowest BCUT2D eigenvalue weighted by Gasteiger charge is -2.19. The molecule has 0 amide bonds. The van der Waals surface area contributed by atoms with Gasteiger partial charge in [0.05, 0.1) is 25.6 Å². The second kappa shape index (κ2) is 37.7. The van der Waals surface area contributed by atoms with E-state index in [4.69, 9.17) is 24.3 Å². The molecule has 3 unspecified atom stereocenters. The van der Waals surface area contributed by atoms with Crippen molar-refractivity contribution in [3.63, 3.8) is 0 Å². The Morgan fingerprint density at radius 3 is 1.98 bits per heavy atom. The quantitative estimate of drug-likeness (QED) is 0.0142. The second-order valence-electron chi connectivity index (χ2n) is 13.1. The molecule has 0 aromatic heterocycles. The second-order valence-corrected chi connectivity index (χ2v) is 14.5. The molecule has 0 heterocycles. The third kappa shape index (κ3) is 37.6. The van der Waals surface area contributed by atoms with E-state index in [0.29, 0.717) is 19.3 Å². The molecule has 0 saturated carbocycles. The first-order valence-electron chi connectivity index (χ1n) is 19.9. The number of aliphatic hydroxyl groups is 1. The van der Waals surface area contributed by atoms with Crippen LogP contribution in [0.15, 0.2) is 60.9 Å². The average molecular weight is 740 g/mol. The number of unbranched alkanes of at least 4 members (excludes halogenated alkanes) is 16. The van der Waals surface area contributed by atoms with Crippen LogP contribution in [-0.4, -0.2) is 54.5 Å². The lowest BCUT2D eigenvalue weighted by Crippen LogP contribution is -2.27. The molecule has 0 aromatic rings. The van der Waals surface area contributed by atoms with Gasteiger partial charge in [0.15, 0.2) is 6.10 Å². The van der Waals surface area contributed by atoms with Gasteiger partial charge in [0.2, 0.25) is 0 Å². The Kier molecular flexibility index (Phi) is 36.3. The first-order valence-corrected chi connectivity index (χ1v) is 21.4. The molecule has 0 aliphatic heterocycles. The summed E-state index contributed by atoms with van der Waals surface area (Å²) >= 11 is 0. The summed E-state index contributed by atoms with van der Waals surface area (Å²) in [4.78, 5) is 22.4. The lowest BCUT2D eigenvalue weighted by molar-refractivity contribution is -0.153. The highest BCUT2D eigenvalue weighted by Gasteiger charge is 2.25. The minimum Gasteiger partial charge on any atom is -0.498 e. The van der Waals surface area contributed by atoms with Gasteiger partial charge in [-0.15, -0.1) is 0 Å². The lowest BCUT2D eigenvalue weighted by atomic mass is 10.0. The number of carbonyl (C=O) groups excluding carboxylic acids is 1. The van der Waals surface area contributed by atoms with Gasteiger partial charge in [-0.05, 0) is 57.4 Å². The highest BCUT2D eigenvalue weighted by Crippen LogP contribution is 2.43. The number of carbonyl (C=O) groups is 1. The van der Waals surface area contributed by atoms with Crippen LogP contribution in [0.1, 0.15) is 155 Å². The molecule has 0 rings (SSSR count). The Hall–Kier alpha value is -2.00. The molecule has 3 atom stereocenters. The largest absolute Gasteiger partial charge is 0.498 e. The summed E-state index contributed by atoms with van der Waals surface area (Å²) in [7, 11) is -4.32. The molecule has 9 nitrogen and oxygen atoms in total. The van der Waals surface area contributed by atoms with E-state index in [0.717, 1.165) is 25.7 Å². The van der Waals surface area contributed by atoms with Gasteiger partial charge in [-0.25, -0.2) is 4.57 Å². The van der Waals surface area contributed by atoms with Crippen molar-refractivity contribution in [3.8, 4) is 0 Å². The number of aliphatic hydroxyl groups excluding tert-OH is 1. The number of phosphoric ester groups is 1. The van der Waals surface area contributed by atoms with Crippen LogP contribution >= 0.6 is 7.82 Å². The van der Waals surface area contributed by atoms with Crippen molar-refractivity contribution < 1.29 is 37.9 Å². The van der Waals surface area contributed by atoms with Crippen LogP contribution in [0.3, 0.4) is 0 Å². The molecule has 0 fully saturated rings. The summed E-state index contributed by atoms with van der Waals surface area (Å²) in [5, 5.41) is 10.0. The van der Waals surface area contributed by atoms with E-state index < -0.39 is 26.0 Å². The SMILES string of the molecule is CCCCCC=CCC(O)C=CC=CCC=CCCCC(=O)OC(COC=CCCCCCCCCCCCCCC)COP(=O)(O)OCCN.